The van der Waals surface area contributed by atoms with Crippen molar-refractivity contribution in [3.63, 3.8) is 0 Å². The second kappa shape index (κ2) is 5.82. The Hall–Kier alpha value is -1.35. The van der Waals surface area contributed by atoms with Crippen LogP contribution in [-0.4, -0.2) is 12.0 Å². The molecule has 0 N–H and O–H groups in total. The highest BCUT2D eigenvalue weighted by atomic mass is 79.9. The molecule has 3 heteroatoms. The van der Waals surface area contributed by atoms with Crippen LogP contribution in [0.5, 0.6) is 0 Å². The summed E-state index contributed by atoms with van der Waals surface area (Å²) >= 11 is 3.45. The normalized spacial score (nSPS) is 10.2. The average molecular weight is 291 g/mol. The number of hydrogen-bond donors (Lipinski definition) is 0. The molecule has 2 rings (SSSR count). The molecular weight excluding hydrogens is 276 g/mol. The van der Waals surface area contributed by atoms with Gasteiger partial charge in [-0.2, -0.15) is 0 Å². The number of nitrogens with zero attached hydrogens (tertiary/aromatic N) is 2. The van der Waals surface area contributed by atoms with Crippen molar-refractivity contribution in [3.8, 4) is 0 Å². The molecule has 0 atom stereocenters. The summed E-state index contributed by atoms with van der Waals surface area (Å²) in [4.78, 5) is 6.52. The number of hydrogen-bond acceptors (Lipinski definition) is 2. The van der Waals surface area contributed by atoms with E-state index < -0.39 is 0 Å². The molecule has 0 amide bonds. The first-order valence-electron chi connectivity index (χ1n) is 5.55. The minimum Gasteiger partial charge on any atom is -0.369 e. The molecule has 2 nitrogen and oxygen atoms in total. The van der Waals surface area contributed by atoms with Gasteiger partial charge in [-0.1, -0.05) is 34.1 Å². The first kappa shape index (κ1) is 12.1. The van der Waals surface area contributed by atoms with Gasteiger partial charge in [0.15, 0.2) is 0 Å². The van der Waals surface area contributed by atoms with Crippen LogP contribution in [-0.2, 0) is 11.9 Å². The number of pyridine rings is 1. The summed E-state index contributed by atoms with van der Waals surface area (Å²) in [7, 11) is 2.08. The lowest BCUT2D eigenvalue weighted by molar-refractivity contribution is 0.885. The summed E-state index contributed by atoms with van der Waals surface area (Å²) in [6.07, 6.45) is 1.83. The van der Waals surface area contributed by atoms with Crippen LogP contribution in [0.3, 0.4) is 0 Å². The molecule has 0 fully saturated rings. The molecule has 0 radical (unpaired) electrons. The highest BCUT2D eigenvalue weighted by molar-refractivity contribution is 9.08. The second-order valence-corrected chi connectivity index (χ2v) is 4.54. The first-order chi connectivity index (χ1) is 8.29. The van der Waals surface area contributed by atoms with Crippen LogP contribution in [0.15, 0.2) is 48.7 Å². The lowest BCUT2D eigenvalue weighted by Crippen LogP contribution is -2.16. The molecule has 2 aromatic rings. The van der Waals surface area contributed by atoms with Gasteiger partial charge in [0.05, 0.1) is 12.2 Å². The fourth-order valence-corrected chi connectivity index (χ4v) is 2.04. The minimum atomic E-state index is 0.828. The van der Waals surface area contributed by atoms with E-state index in [0.29, 0.717) is 0 Å². The third-order valence-corrected chi connectivity index (χ3v) is 3.30. The second-order valence-electron chi connectivity index (χ2n) is 3.98. The third kappa shape index (κ3) is 3.30. The fraction of sp³-hybridized carbons (Fsp3) is 0.214. The molecule has 0 bridgehead atoms. The maximum atomic E-state index is 4.33. The van der Waals surface area contributed by atoms with Crippen molar-refractivity contribution in [2.75, 3.05) is 11.9 Å². The molecule has 0 saturated heterocycles. The summed E-state index contributed by atoms with van der Waals surface area (Å²) in [5.74, 6) is 0. The monoisotopic (exact) mass is 290 g/mol. The van der Waals surface area contributed by atoms with Crippen LogP contribution in [0.1, 0.15) is 11.3 Å². The highest BCUT2D eigenvalue weighted by Gasteiger charge is 2.02. The number of aromatic nitrogens is 1. The van der Waals surface area contributed by atoms with Gasteiger partial charge in [-0.05, 0) is 29.8 Å². The van der Waals surface area contributed by atoms with Crippen molar-refractivity contribution in [2.45, 2.75) is 11.9 Å². The van der Waals surface area contributed by atoms with Crippen LogP contribution >= 0.6 is 15.9 Å². The van der Waals surface area contributed by atoms with E-state index in [-0.39, 0.29) is 0 Å². The van der Waals surface area contributed by atoms with Crippen molar-refractivity contribution < 1.29 is 0 Å². The lowest BCUT2D eigenvalue weighted by atomic mass is 10.2. The van der Waals surface area contributed by atoms with Crippen molar-refractivity contribution >= 4 is 21.6 Å². The SMILES string of the molecule is CN(Cc1ccccn1)c1ccc(CBr)cc1. The van der Waals surface area contributed by atoms with E-state index in [9.17, 15) is 0 Å². The third-order valence-electron chi connectivity index (χ3n) is 2.66. The molecule has 0 aliphatic heterocycles. The molecule has 0 unspecified atom stereocenters. The molecule has 0 saturated carbocycles. The quantitative estimate of drug-likeness (QED) is 0.800. The Labute approximate surface area is 110 Å². The van der Waals surface area contributed by atoms with E-state index in [2.05, 4.69) is 57.1 Å². The molecule has 0 aliphatic carbocycles. The minimum absolute atomic E-state index is 0.828. The number of rotatable bonds is 4. The zero-order valence-corrected chi connectivity index (χ0v) is 11.4. The predicted molar refractivity (Wildman–Crippen MR) is 75.4 cm³/mol. The first-order valence-corrected chi connectivity index (χ1v) is 6.67. The Kier molecular flexibility index (Phi) is 4.15. The topological polar surface area (TPSA) is 16.1 Å². The Morgan fingerprint density at radius 1 is 1.12 bits per heavy atom. The van der Waals surface area contributed by atoms with Crippen molar-refractivity contribution in [2.24, 2.45) is 0 Å². The largest absolute Gasteiger partial charge is 0.369 e. The lowest BCUT2D eigenvalue weighted by Gasteiger charge is -2.19. The summed E-state index contributed by atoms with van der Waals surface area (Å²) < 4.78 is 0. The van der Waals surface area contributed by atoms with Gasteiger partial charge >= 0.3 is 0 Å². The standard InChI is InChI=1S/C14H15BrN2/c1-17(11-13-4-2-3-9-16-13)14-7-5-12(10-15)6-8-14/h2-9H,10-11H2,1H3. The zero-order chi connectivity index (χ0) is 12.1. The number of halogens is 1. The summed E-state index contributed by atoms with van der Waals surface area (Å²) in [6, 6.07) is 14.6. The Bertz CT molecular complexity index is 453. The Morgan fingerprint density at radius 3 is 2.47 bits per heavy atom. The summed E-state index contributed by atoms with van der Waals surface area (Å²) in [6.45, 7) is 0.828. The van der Waals surface area contributed by atoms with E-state index >= 15 is 0 Å². The van der Waals surface area contributed by atoms with Crippen molar-refractivity contribution in [1.29, 1.82) is 0 Å². The number of anilines is 1. The van der Waals surface area contributed by atoms with E-state index in [1.807, 2.05) is 24.4 Å². The average Bonchev–Trinajstić information content (AvgIpc) is 2.40. The van der Waals surface area contributed by atoms with E-state index in [0.717, 1.165) is 17.6 Å². The molecule has 1 aromatic carbocycles. The van der Waals surface area contributed by atoms with Crippen LogP contribution in [0.2, 0.25) is 0 Å². The molecule has 1 aromatic heterocycles. The maximum absolute atomic E-state index is 4.33. The van der Waals surface area contributed by atoms with Gasteiger partial charge in [0.1, 0.15) is 0 Å². The fourth-order valence-electron chi connectivity index (χ4n) is 1.67. The number of alkyl halides is 1. The Balaban J connectivity index is 2.06. The number of benzene rings is 1. The van der Waals surface area contributed by atoms with Crippen molar-refractivity contribution in [3.05, 3.63) is 59.9 Å². The molecule has 88 valence electrons. The van der Waals surface area contributed by atoms with Crippen LogP contribution in [0.25, 0.3) is 0 Å². The Morgan fingerprint density at radius 2 is 1.88 bits per heavy atom. The molecule has 0 spiro atoms. The van der Waals surface area contributed by atoms with E-state index in [1.165, 1.54) is 11.3 Å². The summed E-state index contributed by atoms with van der Waals surface area (Å²) in [5.41, 5.74) is 3.58. The zero-order valence-electron chi connectivity index (χ0n) is 9.81. The smallest absolute Gasteiger partial charge is 0.0598 e. The van der Waals surface area contributed by atoms with Gasteiger partial charge in [-0.25, -0.2) is 0 Å². The van der Waals surface area contributed by atoms with Crippen molar-refractivity contribution in [1.82, 2.24) is 4.98 Å². The molecule has 1 heterocycles. The highest BCUT2D eigenvalue weighted by Crippen LogP contribution is 2.16. The van der Waals surface area contributed by atoms with Gasteiger partial charge in [-0.3, -0.25) is 4.98 Å². The summed E-state index contributed by atoms with van der Waals surface area (Å²) in [5, 5.41) is 0.900. The molecular formula is C14H15BrN2. The van der Waals surface area contributed by atoms with E-state index in [1.54, 1.807) is 0 Å². The van der Waals surface area contributed by atoms with Crippen LogP contribution < -0.4 is 4.90 Å². The van der Waals surface area contributed by atoms with Gasteiger partial charge in [0, 0.05) is 24.3 Å². The molecule has 17 heavy (non-hydrogen) atoms. The van der Waals surface area contributed by atoms with Crippen LogP contribution in [0.4, 0.5) is 5.69 Å². The van der Waals surface area contributed by atoms with E-state index in [4.69, 9.17) is 0 Å². The predicted octanol–water partition coefficient (Wildman–Crippen LogP) is 3.61. The van der Waals surface area contributed by atoms with Gasteiger partial charge < -0.3 is 4.90 Å². The van der Waals surface area contributed by atoms with Gasteiger partial charge in [0.25, 0.3) is 0 Å². The van der Waals surface area contributed by atoms with Gasteiger partial charge in [-0.15, -0.1) is 0 Å². The maximum Gasteiger partial charge on any atom is 0.0598 e. The van der Waals surface area contributed by atoms with Gasteiger partial charge in [0.2, 0.25) is 0 Å². The van der Waals surface area contributed by atoms with Crippen LogP contribution in [0, 0.1) is 0 Å². The molecule has 0 aliphatic rings.